The van der Waals surface area contributed by atoms with Crippen LogP contribution in [0.5, 0.6) is 5.75 Å². The number of benzene rings is 1. The molecule has 2 heterocycles. The van der Waals surface area contributed by atoms with Crippen LogP contribution in [0.3, 0.4) is 0 Å². The molecule has 25 heavy (non-hydrogen) atoms. The zero-order valence-electron chi connectivity index (χ0n) is 14.9. The average Bonchev–Trinajstić information content (AvgIpc) is 3.11. The van der Waals surface area contributed by atoms with Gasteiger partial charge in [0, 0.05) is 13.0 Å². The van der Waals surface area contributed by atoms with Crippen LogP contribution in [-0.4, -0.2) is 39.7 Å². The number of hydrogen-bond acceptors (Lipinski definition) is 4. The zero-order chi connectivity index (χ0) is 17.3. The first-order chi connectivity index (χ1) is 12.3. The second-order valence-electron chi connectivity index (χ2n) is 6.80. The van der Waals surface area contributed by atoms with Gasteiger partial charge in [-0.3, -0.25) is 4.90 Å². The van der Waals surface area contributed by atoms with Gasteiger partial charge in [0.2, 0.25) is 0 Å². The van der Waals surface area contributed by atoms with E-state index in [1.54, 1.807) is 6.20 Å². The SMILES string of the molecule is OCc1cnc(CCCCOc2cccc(CN3CCCCC3)c2)[nH]1. The molecule has 1 aromatic carbocycles. The first kappa shape index (κ1) is 18.0. The number of aromatic nitrogens is 2. The van der Waals surface area contributed by atoms with E-state index in [1.165, 1.54) is 37.9 Å². The molecule has 0 spiro atoms. The summed E-state index contributed by atoms with van der Waals surface area (Å²) in [6.45, 7) is 4.21. The Hall–Kier alpha value is -1.85. The van der Waals surface area contributed by atoms with E-state index >= 15 is 0 Å². The van der Waals surface area contributed by atoms with Crippen molar-refractivity contribution in [3.05, 3.63) is 47.5 Å². The lowest BCUT2D eigenvalue weighted by Crippen LogP contribution is -2.29. The van der Waals surface area contributed by atoms with Crippen LogP contribution in [0.1, 0.15) is 49.2 Å². The summed E-state index contributed by atoms with van der Waals surface area (Å²) in [4.78, 5) is 9.89. The minimum absolute atomic E-state index is 0.0177. The van der Waals surface area contributed by atoms with Crippen molar-refractivity contribution in [3.8, 4) is 5.75 Å². The molecule has 2 N–H and O–H groups in total. The second kappa shape index (κ2) is 9.59. The van der Waals surface area contributed by atoms with Crippen molar-refractivity contribution >= 4 is 0 Å². The van der Waals surface area contributed by atoms with Gasteiger partial charge in [0.1, 0.15) is 11.6 Å². The molecule has 1 aliphatic rings. The predicted octanol–water partition coefficient (Wildman–Crippen LogP) is 3.29. The van der Waals surface area contributed by atoms with Crippen LogP contribution in [0.15, 0.2) is 30.5 Å². The third kappa shape index (κ3) is 5.87. The number of unbranched alkanes of at least 4 members (excludes halogenated alkanes) is 1. The number of aryl methyl sites for hydroxylation is 1. The molecule has 1 aliphatic heterocycles. The number of nitrogens with one attached hydrogen (secondary N) is 1. The molecule has 0 atom stereocenters. The van der Waals surface area contributed by atoms with E-state index in [0.29, 0.717) is 0 Å². The summed E-state index contributed by atoms with van der Waals surface area (Å²) in [5.74, 6) is 1.91. The maximum atomic E-state index is 9.02. The van der Waals surface area contributed by atoms with Crippen LogP contribution in [0.4, 0.5) is 0 Å². The van der Waals surface area contributed by atoms with Crippen molar-refractivity contribution in [1.29, 1.82) is 0 Å². The summed E-state index contributed by atoms with van der Waals surface area (Å²) in [7, 11) is 0. The first-order valence-corrected chi connectivity index (χ1v) is 9.41. The van der Waals surface area contributed by atoms with Gasteiger partial charge < -0.3 is 14.8 Å². The van der Waals surface area contributed by atoms with E-state index in [4.69, 9.17) is 9.84 Å². The number of hydrogen-bond donors (Lipinski definition) is 2. The largest absolute Gasteiger partial charge is 0.494 e. The normalized spacial score (nSPS) is 15.4. The number of nitrogens with zero attached hydrogens (tertiary/aromatic N) is 2. The molecule has 2 aromatic rings. The third-order valence-electron chi connectivity index (χ3n) is 4.68. The Bertz CT molecular complexity index is 635. The Morgan fingerprint density at radius 1 is 1.16 bits per heavy atom. The van der Waals surface area contributed by atoms with E-state index in [1.807, 2.05) is 6.07 Å². The highest BCUT2D eigenvalue weighted by Crippen LogP contribution is 2.18. The molecule has 1 fully saturated rings. The number of aliphatic hydroxyl groups is 1. The van der Waals surface area contributed by atoms with E-state index in [0.717, 1.165) is 49.7 Å². The number of likely N-dealkylation sites (tertiary alicyclic amines) is 1. The molecular weight excluding hydrogens is 314 g/mol. The maximum Gasteiger partial charge on any atom is 0.119 e. The van der Waals surface area contributed by atoms with Crippen LogP contribution >= 0.6 is 0 Å². The van der Waals surface area contributed by atoms with Gasteiger partial charge in [0.25, 0.3) is 0 Å². The van der Waals surface area contributed by atoms with Crippen LogP contribution in [0.2, 0.25) is 0 Å². The molecule has 0 aliphatic carbocycles. The Morgan fingerprint density at radius 3 is 2.84 bits per heavy atom. The summed E-state index contributed by atoms with van der Waals surface area (Å²) in [5.41, 5.74) is 2.11. The summed E-state index contributed by atoms with van der Waals surface area (Å²) in [5, 5.41) is 9.02. The molecule has 5 heteroatoms. The minimum atomic E-state index is 0.0177. The highest BCUT2D eigenvalue weighted by atomic mass is 16.5. The predicted molar refractivity (Wildman–Crippen MR) is 98.5 cm³/mol. The highest BCUT2D eigenvalue weighted by molar-refractivity contribution is 5.28. The number of piperidine rings is 1. The number of ether oxygens (including phenoxy) is 1. The minimum Gasteiger partial charge on any atom is -0.494 e. The molecule has 0 amide bonds. The summed E-state index contributed by atoms with van der Waals surface area (Å²) < 4.78 is 5.91. The third-order valence-corrected chi connectivity index (χ3v) is 4.68. The Balaban J connectivity index is 1.37. The number of rotatable bonds is 9. The van der Waals surface area contributed by atoms with Crippen molar-refractivity contribution < 1.29 is 9.84 Å². The molecule has 1 saturated heterocycles. The van der Waals surface area contributed by atoms with E-state index in [9.17, 15) is 0 Å². The zero-order valence-corrected chi connectivity index (χ0v) is 14.9. The molecule has 136 valence electrons. The Morgan fingerprint density at radius 2 is 2.04 bits per heavy atom. The van der Waals surface area contributed by atoms with Crippen molar-refractivity contribution in [3.63, 3.8) is 0 Å². The van der Waals surface area contributed by atoms with Gasteiger partial charge >= 0.3 is 0 Å². The number of aliphatic hydroxyl groups excluding tert-OH is 1. The number of imidazole rings is 1. The quantitative estimate of drug-likeness (QED) is 0.686. The van der Waals surface area contributed by atoms with Crippen molar-refractivity contribution in [2.24, 2.45) is 0 Å². The summed E-state index contributed by atoms with van der Waals surface area (Å²) in [6, 6.07) is 8.50. The lowest BCUT2D eigenvalue weighted by Gasteiger charge is -2.26. The van der Waals surface area contributed by atoms with Gasteiger partial charge in [-0.25, -0.2) is 4.98 Å². The monoisotopic (exact) mass is 343 g/mol. The van der Waals surface area contributed by atoms with Crippen molar-refractivity contribution in [2.75, 3.05) is 19.7 Å². The van der Waals surface area contributed by atoms with Gasteiger partial charge in [-0.05, 0) is 56.5 Å². The van der Waals surface area contributed by atoms with Crippen LogP contribution in [0, 0.1) is 0 Å². The van der Waals surface area contributed by atoms with Crippen LogP contribution in [0.25, 0.3) is 0 Å². The van der Waals surface area contributed by atoms with Crippen LogP contribution < -0.4 is 4.74 Å². The topological polar surface area (TPSA) is 61.4 Å². The maximum absolute atomic E-state index is 9.02. The summed E-state index contributed by atoms with van der Waals surface area (Å²) in [6.07, 6.45) is 8.62. The second-order valence-corrected chi connectivity index (χ2v) is 6.80. The van der Waals surface area contributed by atoms with Gasteiger partial charge in [-0.15, -0.1) is 0 Å². The molecule has 5 nitrogen and oxygen atoms in total. The molecule has 3 rings (SSSR count). The lowest BCUT2D eigenvalue weighted by molar-refractivity contribution is 0.220. The fraction of sp³-hybridized carbons (Fsp3) is 0.550. The standard InChI is InChI=1S/C20H29N3O2/c24-16-18-14-21-20(22-18)9-2-5-12-25-19-8-6-7-17(13-19)15-23-10-3-1-4-11-23/h6-8,13-14,24H,1-5,9-12,15-16H2,(H,21,22). The fourth-order valence-corrected chi connectivity index (χ4v) is 3.31. The van der Waals surface area contributed by atoms with Gasteiger partial charge in [0.05, 0.1) is 25.1 Å². The van der Waals surface area contributed by atoms with Gasteiger partial charge in [-0.1, -0.05) is 18.6 Å². The highest BCUT2D eigenvalue weighted by Gasteiger charge is 2.10. The Labute approximate surface area is 150 Å². The molecule has 0 bridgehead atoms. The number of aromatic amines is 1. The van der Waals surface area contributed by atoms with Gasteiger partial charge in [0.15, 0.2) is 0 Å². The Kier molecular flexibility index (Phi) is 6.89. The molecule has 0 unspecified atom stereocenters. The fourth-order valence-electron chi connectivity index (χ4n) is 3.31. The lowest BCUT2D eigenvalue weighted by atomic mass is 10.1. The average molecular weight is 343 g/mol. The van der Waals surface area contributed by atoms with E-state index in [-0.39, 0.29) is 6.61 Å². The molecular formula is C20H29N3O2. The molecule has 0 saturated carbocycles. The van der Waals surface area contributed by atoms with E-state index in [2.05, 4.69) is 33.1 Å². The smallest absolute Gasteiger partial charge is 0.119 e. The molecule has 0 radical (unpaired) electrons. The van der Waals surface area contributed by atoms with Crippen LogP contribution in [-0.2, 0) is 19.6 Å². The van der Waals surface area contributed by atoms with E-state index < -0.39 is 0 Å². The first-order valence-electron chi connectivity index (χ1n) is 9.41. The number of H-pyrrole nitrogens is 1. The molecule has 1 aromatic heterocycles. The van der Waals surface area contributed by atoms with Crippen molar-refractivity contribution in [2.45, 2.75) is 51.7 Å². The van der Waals surface area contributed by atoms with Crippen molar-refractivity contribution in [1.82, 2.24) is 14.9 Å². The summed E-state index contributed by atoms with van der Waals surface area (Å²) >= 11 is 0. The van der Waals surface area contributed by atoms with Gasteiger partial charge in [-0.2, -0.15) is 0 Å².